The number of carboxylic acids is 1. The van der Waals surface area contributed by atoms with Crippen LogP contribution in [-0.2, 0) is 11.3 Å². The van der Waals surface area contributed by atoms with Gasteiger partial charge in [-0.1, -0.05) is 17.7 Å². The third-order valence-electron chi connectivity index (χ3n) is 2.43. The summed E-state index contributed by atoms with van der Waals surface area (Å²) < 4.78 is 6.06. The van der Waals surface area contributed by atoms with Crippen LogP contribution in [-0.4, -0.2) is 18.2 Å². The monoisotopic (exact) mass is 236 g/mol. The highest BCUT2D eigenvalue weighted by atomic mass is 32.1. The van der Waals surface area contributed by atoms with Crippen LogP contribution in [0.25, 0.3) is 10.1 Å². The summed E-state index contributed by atoms with van der Waals surface area (Å²) in [6, 6.07) is 5.95. The quantitative estimate of drug-likeness (QED) is 0.890. The average Bonchev–Trinajstić information content (AvgIpc) is 2.58. The van der Waals surface area contributed by atoms with Crippen molar-refractivity contribution in [3.05, 3.63) is 34.2 Å². The van der Waals surface area contributed by atoms with E-state index in [0.29, 0.717) is 11.5 Å². The lowest BCUT2D eigenvalue weighted by molar-refractivity contribution is 0.0698. The highest BCUT2D eigenvalue weighted by molar-refractivity contribution is 7.21. The molecule has 0 fully saturated rings. The van der Waals surface area contributed by atoms with E-state index in [9.17, 15) is 4.79 Å². The van der Waals surface area contributed by atoms with Crippen molar-refractivity contribution in [3.8, 4) is 0 Å². The van der Waals surface area contributed by atoms with Crippen molar-refractivity contribution in [2.45, 2.75) is 13.5 Å². The van der Waals surface area contributed by atoms with Crippen molar-refractivity contribution in [2.24, 2.45) is 0 Å². The summed E-state index contributed by atoms with van der Waals surface area (Å²) in [5, 5.41) is 10.1. The lowest BCUT2D eigenvalue weighted by Gasteiger charge is -2.00. The second kappa shape index (κ2) is 4.23. The predicted molar refractivity (Wildman–Crippen MR) is 64.2 cm³/mol. The first-order valence-electron chi connectivity index (χ1n) is 4.87. The number of benzene rings is 1. The van der Waals surface area contributed by atoms with Gasteiger partial charge < -0.3 is 9.84 Å². The molecule has 2 rings (SSSR count). The van der Waals surface area contributed by atoms with E-state index in [0.717, 1.165) is 21.2 Å². The van der Waals surface area contributed by atoms with Gasteiger partial charge in [0, 0.05) is 17.4 Å². The maximum absolute atomic E-state index is 11.1. The topological polar surface area (TPSA) is 46.5 Å². The molecule has 0 radical (unpaired) electrons. The number of methoxy groups -OCH3 is 1. The van der Waals surface area contributed by atoms with Gasteiger partial charge in [-0.05, 0) is 18.4 Å². The van der Waals surface area contributed by atoms with Gasteiger partial charge in [0.25, 0.3) is 0 Å². The summed E-state index contributed by atoms with van der Waals surface area (Å²) in [5.74, 6) is -0.883. The Morgan fingerprint density at radius 2 is 2.25 bits per heavy atom. The number of carbonyl (C=O) groups is 1. The Balaban J connectivity index is 2.71. The largest absolute Gasteiger partial charge is 0.477 e. The maximum Gasteiger partial charge on any atom is 0.346 e. The van der Waals surface area contributed by atoms with Crippen molar-refractivity contribution in [1.29, 1.82) is 0 Å². The van der Waals surface area contributed by atoms with Crippen LogP contribution in [0.4, 0.5) is 0 Å². The van der Waals surface area contributed by atoms with E-state index >= 15 is 0 Å². The number of hydrogen-bond acceptors (Lipinski definition) is 3. The van der Waals surface area contributed by atoms with Crippen LogP contribution < -0.4 is 0 Å². The zero-order valence-corrected chi connectivity index (χ0v) is 9.93. The molecular formula is C12H12O3S. The molecule has 0 aliphatic rings. The predicted octanol–water partition coefficient (Wildman–Crippen LogP) is 3.05. The highest BCUT2D eigenvalue weighted by Crippen LogP contribution is 2.32. The van der Waals surface area contributed by atoms with Gasteiger partial charge in [0.1, 0.15) is 4.88 Å². The third-order valence-corrected chi connectivity index (χ3v) is 3.63. The molecule has 0 bridgehead atoms. The van der Waals surface area contributed by atoms with Crippen LogP contribution in [0, 0.1) is 6.92 Å². The number of ether oxygens (including phenoxy) is 1. The molecule has 0 aliphatic heterocycles. The van der Waals surface area contributed by atoms with Crippen molar-refractivity contribution in [2.75, 3.05) is 7.11 Å². The molecule has 2 aromatic rings. The van der Waals surface area contributed by atoms with Crippen LogP contribution >= 0.6 is 11.3 Å². The number of aromatic carboxylic acids is 1. The van der Waals surface area contributed by atoms with Gasteiger partial charge in [-0.15, -0.1) is 11.3 Å². The molecule has 16 heavy (non-hydrogen) atoms. The molecule has 4 heteroatoms. The van der Waals surface area contributed by atoms with Gasteiger partial charge in [-0.2, -0.15) is 0 Å². The number of hydrogen-bond donors (Lipinski definition) is 1. The fourth-order valence-corrected chi connectivity index (χ4v) is 2.75. The molecule has 0 spiro atoms. The summed E-state index contributed by atoms with van der Waals surface area (Å²) in [6.07, 6.45) is 0. The molecule has 1 heterocycles. The van der Waals surface area contributed by atoms with Gasteiger partial charge in [-0.3, -0.25) is 0 Å². The second-order valence-electron chi connectivity index (χ2n) is 3.65. The summed E-state index contributed by atoms with van der Waals surface area (Å²) in [6.45, 7) is 2.33. The van der Waals surface area contributed by atoms with Crippen LogP contribution in [0.2, 0.25) is 0 Å². The Morgan fingerprint density at radius 1 is 1.50 bits per heavy atom. The van der Waals surface area contributed by atoms with Gasteiger partial charge >= 0.3 is 5.97 Å². The van der Waals surface area contributed by atoms with E-state index in [-0.39, 0.29) is 0 Å². The molecule has 0 amide bonds. The van der Waals surface area contributed by atoms with E-state index in [4.69, 9.17) is 9.84 Å². The first-order chi connectivity index (χ1) is 7.63. The van der Waals surface area contributed by atoms with Gasteiger partial charge in [0.2, 0.25) is 0 Å². The average molecular weight is 236 g/mol. The van der Waals surface area contributed by atoms with Crippen molar-refractivity contribution in [3.63, 3.8) is 0 Å². The van der Waals surface area contributed by atoms with E-state index in [1.807, 2.05) is 25.1 Å². The lowest BCUT2D eigenvalue weighted by atomic mass is 10.1. The fourth-order valence-electron chi connectivity index (χ4n) is 1.72. The first-order valence-corrected chi connectivity index (χ1v) is 5.69. The Morgan fingerprint density at radius 3 is 2.88 bits per heavy atom. The molecule has 0 atom stereocenters. The molecule has 0 unspecified atom stereocenters. The smallest absolute Gasteiger partial charge is 0.346 e. The fraction of sp³-hybridized carbons (Fsp3) is 0.250. The van der Waals surface area contributed by atoms with E-state index in [2.05, 4.69) is 0 Å². The van der Waals surface area contributed by atoms with Crippen LogP contribution in [0.15, 0.2) is 18.2 Å². The Hall–Kier alpha value is -1.39. The normalized spacial score (nSPS) is 10.9. The molecule has 3 nitrogen and oxygen atoms in total. The molecular weight excluding hydrogens is 224 g/mol. The SMILES string of the molecule is COCc1c(C(=O)O)sc2ccc(C)cc12. The standard InChI is InChI=1S/C12H12O3S/c1-7-3-4-10-8(5-7)9(6-15-2)11(16-10)12(13)14/h3-5H,6H2,1-2H3,(H,13,14). The van der Waals surface area contributed by atoms with Gasteiger partial charge in [0.05, 0.1) is 6.61 Å². The minimum Gasteiger partial charge on any atom is -0.477 e. The molecule has 1 N–H and O–H groups in total. The van der Waals surface area contributed by atoms with E-state index in [1.165, 1.54) is 11.3 Å². The van der Waals surface area contributed by atoms with Crippen molar-refractivity contribution < 1.29 is 14.6 Å². The van der Waals surface area contributed by atoms with Gasteiger partial charge in [0.15, 0.2) is 0 Å². The summed E-state index contributed by atoms with van der Waals surface area (Å²) >= 11 is 1.30. The zero-order chi connectivity index (χ0) is 11.7. The van der Waals surface area contributed by atoms with Crippen LogP contribution in [0.1, 0.15) is 20.8 Å². The van der Waals surface area contributed by atoms with Crippen LogP contribution in [0.5, 0.6) is 0 Å². The molecule has 84 valence electrons. The Kier molecular flexibility index (Phi) is 2.94. The third kappa shape index (κ3) is 1.81. The lowest BCUT2D eigenvalue weighted by Crippen LogP contribution is -1.98. The number of aryl methyl sites for hydroxylation is 1. The highest BCUT2D eigenvalue weighted by Gasteiger charge is 2.17. The molecule has 1 aromatic heterocycles. The van der Waals surface area contributed by atoms with Gasteiger partial charge in [-0.25, -0.2) is 4.79 Å². The minimum atomic E-state index is -0.883. The second-order valence-corrected chi connectivity index (χ2v) is 4.70. The summed E-state index contributed by atoms with van der Waals surface area (Å²) in [7, 11) is 1.57. The molecule has 0 saturated carbocycles. The Bertz CT molecular complexity index is 542. The van der Waals surface area contributed by atoms with Crippen molar-refractivity contribution in [1.82, 2.24) is 0 Å². The van der Waals surface area contributed by atoms with Crippen molar-refractivity contribution >= 4 is 27.4 Å². The van der Waals surface area contributed by atoms with E-state index < -0.39 is 5.97 Å². The summed E-state index contributed by atoms with van der Waals surface area (Å²) in [5.41, 5.74) is 1.90. The number of rotatable bonds is 3. The molecule has 0 aliphatic carbocycles. The van der Waals surface area contributed by atoms with Crippen LogP contribution in [0.3, 0.4) is 0 Å². The Labute approximate surface area is 97.3 Å². The first kappa shape index (κ1) is 11.1. The minimum absolute atomic E-state index is 0.338. The zero-order valence-electron chi connectivity index (χ0n) is 9.11. The molecule has 0 saturated heterocycles. The number of fused-ring (bicyclic) bond motifs is 1. The number of thiophene rings is 1. The molecule has 1 aromatic carbocycles. The maximum atomic E-state index is 11.1. The number of carboxylic acid groups (broad SMARTS) is 1. The summed E-state index contributed by atoms with van der Waals surface area (Å²) in [4.78, 5) is 11.5. The van der Waals surface area contributed by atoms with E-state index in [1.54, 1.807) is 7.11 Å².